The van der Waals surface area contributed by atoms with Crippen molar-refractivity contribution in [2.45, 2.75) is 13.8 Å². The molecule has 0 aliphatic carbocycles. The van der Waals surface area contributed by atoms with E-state index in [0.29, 0.717) is 12.1 Å². The zero-order valence-electron chi connectivity index (χ0n) is 7.09. The molecule has 0 atom stereocenters. The summed E-state index contributed by atoms with van der Waals surface area (Å²) < 4.78 is 4.75. The van der Waals surface area contributed by atoms with Gasteiger partial charge in [-0.1, -0.05) is 20.4 Å². The molecule has 11 heavy (non-hydrogen) atoms. The van der Waals surface area contributed by atoms with Crippen LogP contribution in [0, 0.1) is 5.92 Å². The van der Waals surface area contributed by atoms with Crippen molar-refractivity contribution in [2.24, 2.45) is 11.7 Å². The molecular weight excluding hydrogens is 142 g/mol. The first-order valence-corrected chi connectivity index (χ1v) is 3.65. The second kappa shape index (κ2) is 4.91. The van der Waals surface area contributed by atoms with Crippen molar-refractivity contribution in [3.05, 3.63) is 12.2 Å². The van der Waals surface area contributed by atoms with E-state index < -0.39 is 0 Å². The lowest BCUT2D eigenvalue weighted by molar-refractivity contribution is -0.139. The SMILES string of the molecule is C=C(C(=O)OCCN)C(C)C. The first-order valence-electron chi connectivity index (χ1n) is 3.65. The van der Waals surface area contributed by atoms with E-state index in [9.17, 15) is 4.79 Å². The van der Waals surface area contributed by atoms with Gasteiger partial charge >= 0.3 is 5.97 Å². The topological polar surface area (TPSA) is 52.3 Å². The lowest BCUT2D eigenvalue weighted by atomic mass is 10.1. The number of esters is 1. The van der Waals surface area contributed by atoms with Gasteiger partial charge < -0.3 is 10.5 Å². The molecule has 0 saturated carbocycles. The van der Waals surface area contributed by atoms with Crippen LogP contribution in [-0.2, 0) is 9.53 Å². The molecule has 0 aliphatic rings. The van der Waals surface area contributed by atoms with Gasteiger partial charge in [-0.25, -0.2) is 4.79 Å². The first kappa shape index (κ1) is 10.2. The van der Waals surface area contributed by atoms with Crippen molar-refractivity contribution in [2.75, 3.05) is 13.2 Å². The number of nitrogens with two attached hydrogens (primary N) is 1. The van der Waals surface area contributed by atoms with E-state index in [4.69, 9.17) is 10.5 Å². The Labute approximate surface area is 67.2 Å². The van der Waals surface area contributed by atoms with Gasteiger partial charge in [-0.15, -0.1) is 0 Å². The minimum Gasteiger partial charge on any atom is -0.461 e. The summed E-state index contributed by atoms with van der Waals surface area (Å²) in [4.78, 5) is 11.0. The Morgan fingerprint density at radius 1 is 1.64 bits per heavy atom. The van der Waals surface area contributed by atoms with Crippen molar-refractivity contribution in [1.82, 2.24) is 0 Å². The largest absolute Gasteiger partial charge is 0.461 e. The highest BCUT2D eigenvalue weighted by atomic mass is 16.5. The molecule has 0 unspecified atom stereocenters. The van der Waals surface area contributed by atoms with Crippen LogP contribution >= 0.6 is 0 Å². The van der Waals surface area contributed by atoms with Crippen molar-refractivity contribution in [1.29, 1.82) is 0 Å². The maximum atomic E-state index is 11.0. The van der Waals surface area contributed by atoms with Crippen molar-refractivity contribution >= 4 is 5.97 Å². The van der Waals surface area contributed by atoms with Crippen LogP contribution < -0.4 is 5.73 Å². The van der Waals surface area contributed by atoms with Crippen molar-refractivity contribution in [3.8, 4) is 0 Å². The lowest BCUT2D eigenvalue weighted by Gasteiger charge is -2.07. The monoisotopic (exact) mass is 157 g/mol. The third-order valence-electron chi connectivity index (χ3n) is 1.31. The van der Waals surface area contributed by atoms with E-state index in [1.54, 1.807) is 0 Å². The molecule has 0 amide bonds. The predicted molar refractivity (Wildman–Crippen MR) is 44.0 cm³/mol. The molecule has 0 spiro atoms. The molecule has 0 fully saturated rings. The van der Waals surface area contributed by atoms with Gasteiger partial charge in [0.25, 0.3) is 0 Å². The third-order valence-corrected chi connectivity index (χ3v) is 1.31. The van der Waals surface area contributed by atoms with E-state index in [-0.39, 0.29) is 18.5 Å². The summed E-state index contributed by atoms with van der Waals surface area (Å²) in [7, 11) is 0. The minimum absolute atomic E-state index is 0.139. The fourth-order valence-electron chi connectivity index (χ4n) is 0.480. The standard InChI is InChI=1S/C8H15NO2/c1-6(2)7(3)8(10)11-5-4-9/h6H,3-5,9H2,1-2H3. The van der Waals surface area contributed by atoms with E-state index in [1.807, 2.05) is 13.8 Å². The number of carbonyl (C=O) groups is 1. The molecule has 0 aromatic carbocycles. The Hall–Kier alpha value is -0.830. The Kier molecular flexibility index (Phi) is 4.54. The second-order valence-corrected chi connectivity index (χ2v) is 2.60. The molecule has 0 bridgehead atoms. The average molecular weight is 157 g/mol. The predicted octanol–water partition coefficient (Wildman–Crippen LogP) is 0.700. The molecule has 0 rings (SSSR count). The molecule has 64 valence electrons. The summed E-state index contributed by atoms with van der Waals surface area (Å²) in [6, 6.07) is 0. The highest BCUT2D eigenvalue weighted by Gasteiger charge is 2.10. The molecule has 0 aromatic rings. The third kappa shape index (κ3) is 3.78. The van der Waals surface area contributed by atoms with Gasteiger partial charge in [-0.3, -0.25) is 0 Å². The number of hydrogen-bond acceptors (Lipinski definition) is 3. The van der Waals surface area contributed by atoms with Crippen molar-refractivity contribution in [3.63, 3.8) is 0 Å². The zero-order valence-corrected chi connectivity index (χ0v) is 7.09. The molecule has 3 nitrogen and oxygen atoms in total. The van der Waals surface area contributed by atoms with Gasteiger partial charge in [0.05, 0.1) is 0 Å². The quantitative estimate of drug-likeness (QED) is 0.482. The Morgan fingerprint density at radius 2 is 2.18 bits per heavy atom. The molecule has 0 saturated heterocycles. The van der Waals surface area contributed by atoms with Gasteiger partial charge in [0, 0.05) is 12.1 Å². The van der Waals surface area contributed by atoms with Crippen LogP contribution in [0.4, 0.5) is 0 Å². The van der Waals surface area contributed by atoms with Crippen LogP contribution in [-0.4, -0.2) is 19.1 Å². The van der Waals surface area contributed by atoms with Gasteiger partial charge in [0.2, 0.25) is 0 Å². The number of ether oxygens (including phenoxy) is 1. The highest BCUT2D eigenvalue weighted by Crippen LogP contribution is 2.07. The Bertz CT molecular complexity index is 152. The molecule has 2 N–H and O–H groups in total. The summed E-state index contributed by atoms with van der Waals surface area (Å²) in [5, 5.41) is 0. The van der Waals surface area contributed by atoms with Crippen LogP contribution in [0.5, 0.6) is 0 Å². The summed E-state index contributed by atoms with van der Waals surface area (Å²) in [6.45, 7) is 8.01. The zero-order chi connectivity index (χ0) is 8.85. The van der Waals surface area contributed by atoms with Crippen LogP contribution in [0.25, 0.3) is 0 Å². The normalized spacial score (nSPS) is 9.82. The van der Waals surface area contributed by atoms with E-state index >= 15 is 0 Å². The Morgan fingerprint density at radius 3 is 2.55 bits per heavy atom. The van der Waals surface area contributed by atoms with Gasteiger partial charge in [-0.05, 0) is 5.92 Å². The van der Waals surface area contributed by atoms with Gasteiger partial charge in [0.15, 0.2) is 0 Å². The van der Waals surface area contributed by atoms with Crippen molar-refractivity contribution < 1.29 is 9.53 Å². The summed E-state index contributed by atoms with van der Waals surface area (Å²) in [5.41, 5.74) is 5.64. The number of carbonyl (C=O) groups excluding carboxylic acids is 1. The van der Waals surface area contributed by atoms with Crippen LogP contribution in [0.3, 0.4) is 0 Å². The van der Waals surface area contributed by atoms with Crippen LogP contribution in [0.15, 0.2) is 12.2 Å². The molecule has 0 heterocycles. The highest BCUT2D eigenvalue weighted by molar-refractivity contribution is 5.88. The number of rotatable bonds is 4. The van der Waals surface area contributed by atoms with Crippen LogP contribution in [0.1, 0.15) is 13.8 Å². The summed E-state index contributed by atoms with van der Waals surface area (Å²) in [5.74, 6) is -0.203. The first-order chi connectivity index (χ1) is 5.09. The Balaban J connectivity index is 3.75. The second-order valence-electron chi connectivity index (χ2n) is 2.60. The fourth-order valence-corrected chi connectivity index (χ4v) is 0.480. The lowest BCUT2D eigenvalue weighted by Crippen LogP contribution is -2.16. The molecule has 0 aliphatic heterocycles. The van der Waals surface area contributed by atoms with Gasteiger partial charge in [-0.2, -0.15) is 0 Å². The summed E-state index contributed by atoms with van der Waals surface area (Å²) >= 11 is 0. The maximum absolute atomic E-state index is 11.0. The fraction of sp³-hybridized carbons (Fsp3) is 0.625. The van der Waals surface area contributed by atoms with Crippen LogP contribution in [0.2, 0.25) is 0 Å². The number of hydrogen-bond donors (Lipinski definition) is 1. The minimum atomic E-state index is -0.342. The summed E-state index contributed by atoms with van der Waals surface area (Å²) in [6.07, 6.45) is 0. The smallest absolute Gasteiger partial charge is 0.333 e. The van der Waals surface area contributed by atoms with E-state index in [0.717, 1.165) is 0 Å². The van der Waals surface area contributed by atoms with E-state index in [2.05, 4.69) is 6.58 Å². The van der Waals surface area contributed by atoms with E-state index in [1.165, 1.54) is 0 Å². The molecule has 0 aromatic heterocycles. The van der Waals surface area contributed by atoms with Gasteiger partial charge in [0.1, 0.15) is 6.61 Å². The molecular formula is C8H15NO2. The average Bonchev–Trinajstić information content (AvgIpc) is 1.98. The maximum Gasteiger partial charge on any atom is 0.333 e. The molecule has 0 radical (unpaired) electrons. The molecule has 3 heteroatoms.